The smallest absolute Gasteiger partial charge is 0.220 e. The minimum atomic E-state index is -0.0960. The Morgan fingerprint density at radius 1 is 0.923 bits per heavy atom. The molecule has 3 aromatic carbocycles. The van der Waals surface area contributed by atoms with Crippen molar-refractivity contribution < 1.29 is 19.0 Å². The van der Waals surface area contributed by atoms with Crippen LogP contribution in [0.1, 0.15) is 29.0 Å². The standard InChI is InChI=1S/C32H37N3O4/c1-37-26-11-7-24(8-12-26)22-35-23-30(28-5-3-4-6-31(28)35)29(25-9-13-27(38-2)14-10-25)21-32(36)33-15-16-34-17-19-39-20-18-34/h3-14,23,29H,15-22H2,1-2H3,(H,33,36). The zero-order chi connectivity index (χ0) is 27.0. The van der Waals surface area contributed by atoms with Crippen LogP contribution < -0.4 is 14.8 Å². The van der Waals surface area contributed by atoms with Crippen LogP contribution in [0.15, 0.2) is 79.0 Å². The number of carbonyl (C=O) groups excluding carboxylic acids is 1. The lowest BCUT2D eigenvalue weighted by Crippen LogP contribution is -2.41. The molecule has 7 nitrogen and oxygen atoms in total. The third-order valence-corrected chi connectivity index (χ3v) is 7.47. The summed E-state index contributed by atoms with van der Waals surface area (Å²) < 4.78 is 18.4. The van der Waals surface area contributed by atoms with Gasteiger partial charge >= 0.3 is 0 Å². The average Bonchev–Trinajstić information content (AvgIpc) is 3.35. The summed E-state index contributed by atoms with van der Waals surface area (Å²) in [5, 5.41) is 4.32. The van der Waals surface area contributed by atoms with Crippen molar-refractivity contribution in [3.8, 4) is 11.5 Å². The number of nitrogens with one attached hydrogen (secondary N) is 1. The van der Waals surface area contributed by atoms with Gasteiger partial charge in [-0.15, -0.1) is 0 Å². The van der Waals surface area contributed by atoms with Crippen molar-refractivity contribution in [2.75, 3.05) is 53.6 Å². The predicted molar refractivity (Wildman–Crippen MR) is 154 cm³/mol. The number of rotatable bonds is 11. The molecule has 5 rings (SSSR count). The Labute approximate surface area is 230 Å². The fourth-order valence-electron chi connectivity index (χ4n) is 5.29. The number of hydrogen-bond donors (Lipinski definition) is 1. The number of carbonyl (C=O) groups is 1. The second kappa shape index (κ2) is 12.8. The third-order valence-electron chi connectivity index (χ3n) is 7.47. The molecule has 0 aliphatic carbocycles. The number of fused-ring (bicyclic) bond motifs is 1. The van der Waals surface area contributed by atoms with Gasteiger partial charge in [0.1, 0.15) is 11.5 Å². The van der Waals surface area contributed by atoms with Crippen LogP contribution in [0.2, 0.25) is 0 Å². The molecule has 1 unspecified atom stereocenters. The largest absolute Gasteiger partial charge is 0.497 e. The van der Waals surface area contributed by atoms with Gasteiger partial charge < -0.3 is 24.1 Å². The molecular formula is C32H37N3O4. The molecule has 1 saturated heterocycles. The normalized spacial score (nSPS) is 14.7. The molecule has 1 N–H and O–H groups in total. The first-order valence-electron chi connectivity index (χ1n) is 13.6. The van der Waals surface area contributed by atoms with Crippen LogP contribution in [0.5, 0.6) is 11.5 Å². The number of hydrogen-bond acceptors (Lipinski definition) is 5. The first-order chi connectivity index (χ1) is 19.1. The maximum absolute atomic E-state index is 13.3. The molecule has 1 atom stereocenters. The Balaban J connectivity index is 1.41. The third kappa shape index (κ3) is 6.61. The van der Waals surface area contributed by atoms with Crippen LogP contribution in [-0.2, 0) is 16.1 Å². The Kier molecular flexibility index (Phi) is 8.81. The zero-order valence-electron chi connectivity index (χ0n) is 22.8. The Morgan fingerprint density at radius 3 is 2.28 bits per heavy atom. The van der Waals surface area contributed by atoms with Gasteiger partial charge in [0.05, 0.1) is 27.4 Å². The lowest BCUT2D eigenvalue weighted by molar-refractivity contribution is -0.121. The number of benzene rings is 3. The summed E-state index contributed by atoms with van der Waals surface area (Å²) in [7, 11) is 3.35. The minimum Gasteiger partial charge on any atom is -0.497 e. The molecule has 4 aromatic rings. The Bertz CT molecular complexity index is 1360. The zero-order valence-corrected chi connectivity index (χ0v) is 22.8. The molecule has 0 bridgehead atoms. The second-order valence-corrected chi connectivity index (χ2v) is 9.91. The summed E-state index contributed by atoms with van der Waals surface area (Å²) in [6, 6.07) is 24.7. The van der Waals surface area contributed by atoms with Crippen molar-refractivity contribution in [3.63, 3.8) is 0 Å². The molecule has 39 heavy (non-hydrogen) atoms. The quantitative estimate of drug-likeness (QED) is 0.307. The first kappa shape index (κ1) is 26.8. The maximum Gasteiger partial charge on any atom is 0.220 e. The van der Waals surface area contributed by atoms with Gasteiger partial charge in [0, 0.05) is 62.2 Å². The van der Waals surface area contributed by atoms with E-state index in [0.717, 1.165) is 72.9 Å². The highest BCUT2D eigenvalue weighted by atomic mass is 16.5. The number of morpholine rings is 1. The fraction of sp³-hybridized carbons (Fsp3) is 0.344. The van der Waals surface area contributed by atoms with E-state index in [1.54, 1.807) is 14.2 Å². The molecule has 1 amide bonds. The van der Waals surface area contributed by atoms with Crippen LogP contribution >= 0.6 is 0 Å². The minimum absolute atomic E-state index is 0.0519. The van der Waals surface area contributed by atoms with Crippen LogP contribution in [0.3, 0.4) is 0 Å². The lowest BCUT2D eigenvalue weighted by Gasteiger charge is -2.26. The average molecular weight is 528 g/mol. The van der Waals surface area contributed by atoms with Crippen molar-refractivity contribution in [3.05, 3.63) is 95.7 Å². The Hall–Kier alpha value is -3.81. The number of methoxy groups -OCH3 is 2. The van der Waals surface area contributed by atoms with Crippen LogP contribution in [0.25, 0.3) is 10.9 Å². The molecule has 1 aliphatic heterocycles. The summed E-state index contributed by atoms with van der Waals surface area (Å²) in [5.41, 5.74) is 4.57. The fourth-order valence-corrected chi connectivity index (χ4v) is 5.29. The van der Waals surface area contributed by atoms with E-state index in [0.29, 0.717) is 13.0 Å². The van der Waals surface area contributed by atoms with E-state index < -0.39 is 0 Å². The Morgan fingerprint density at radius 2 is 1.59 bits per heavy atom. The molecule has 0 saturated carbocycles. The van der Waals surface area contributed by atoms with Gasteiger partial charge in [0.15, 0.2) is 0 Å². The SMILES string of the molecule is COc1ccc(Cn2cc(C(CC(=O)NCCN3CCOCC3)c3ccc(OC)cc3)c3ccccc32)cc1. The van der Waals surface area contributed by atoms with Crippen molar-refractivity contribution in [1.29, 1.82) is 0 Å². The maximum atomic E-state index is 13.3. The van der Waals surface area contributed by atoms with Gasteiger partial charge in [-0.25, -0.2) is 0 Å². The van der Waals surface area contributed by atoms with Gasteiger partial charge in [-0.05, 0) is 47.0 Å². The molecule has 0 spiro atoms. The van der Waals surface area contributed by atoms with E-state index in [1.165, 1.54) is 5.56 Å². The van der Waals surface area contributed by atoms with E-state index >= 15 is 0 Å². The van der Waals surface area contributed by atoms with Crippen LogP contribution in [0, 0.1) is 0 Å². The molecular weight excluding hydrogens is 490 g/mol. The molecule has 1 aliphatic rings. The molecule has 2 heterocycles. The number of nitrogens with zero attached hydrogens (tertiary/aromatic N) is 2. The van der Waals surface area contributed by atoms with Crippen molar-refractivity contribution in [1.82, 2.24) is 14.8 Å². The van der Waals surface area contributed by atoms with Crippen LogP contribution in [-0.4, -0.2) is 69.0 Å². The molecule has 1 aromatic heterocycles. The van der Waals surface area contributed by atoms with Gasteiger partial charge in [-0.2, -0.15) is 0 Å². The highest BCUT2D eigenvalue weighted by Gasteiger charge is 2.23. The second-order valence-electron chi connectivity index (χ2n) is 9.91. The topological polar surface area (TPSA) is 65.0 Å². The first-order valence-corrected chi connectivity index (χ1v) is 13.6. The van der Waals surface area contributed by atoms with Crippen molar-refractivity contribution in [2.45, 2.75) is 18.9 Å². The summed E-state index contributed by atoms with van der Waals surface area (Å²) in [5.74, 6) is 1.60. The van der Waals surface area contributed by atoms with Gasteiger partial charge in [0.25, 0.3) is 0 Å². The lowest BCUT2D eigenvalue weighted by atomic mass is 9.88. The summed E-state index contributed by atoms with van der Waals surface area (Å²) in [6.45, 7) is 5.54. The monoisotopic (exact) mass is 527 g/mol. The number of aromatic nitrogens is 1. The van der Waals surface area contributed by atoms with E-state index in [2.05, 4.69) is 69.5 Å². The predicted octanol–water partition coefficient (Wildman–Crippen LogP) is 4.68. The van der Waals surface area contributed by atoms with Gasteiger partial charge in [-0.3, -0.25) is 9.69 Å². The van der Waals surface area contributed by atoms with Crippen molar-refractivity contribution in [2.24, 2.45) is 0 Å². The van der Waals surface area contributed by atoms with E-state index in [-0.39, 0.29) is 11.8 Å². The molecule has 1 fully saturated rings. The summed E-state index contributed by atoms with van der Waals surface area (Å²) in [6.07, 6.45) is 2.58. The highest BCUT2D eigenvalue weighted by molar-refractivity contribution is 5.86. The highest BCUT2D eigenvalue weighted by Crippen LogP contribution is 2.36. The number of amides is 1. The van der Waals surface area contributed by atoms with Gasteiger partial charge in [-0.1, -0.05) is 42.5 Å². The molecule has 7 heteroatoms. The van der Waals surface area contributed by atoms with E-state index in [1.807, 2.05) is 24.3 Å². The van der Waals surface area contributed by atoms with Gasteiger partial charge in [0.2, 0.25) is 5.91 Å². The summed E-state index contributed by atoms with van der Waals surface area (Å²) >= 11 is 0. The van der Waals surface area contributed by atoms with Crippen LogP contribution in [0.4, 0.5) is 0 Å². The van der Waals surface area contributed by atoms with E-state index in [9.17, 15) is 4.79 Å². The van der Waals surface area contributed by atoms with Crippen molar-refractivity contribution >= 4 is 16.8 Å². The molecule has 0 radical (unpaired) electrons. The summed E-state index contributed by atoms with van der Waals surface area (Å²) in [4.78, 5) is 15.6. The molecule has 204 valence electrons. The van der Waals surface area contributed by atoms with E-state index in [4.69, 9.17) is 14.2 Å². The number of ether oxygens (including phenoxy) is 3. The number of para-hydroxylation sites is 1.